The normalized spacial score (nSPS) is 18.8. The summed E-state index contributed by atoms with van der Waals surface area (Å²) in [5.41, 5.74) is 16.0. The van der Waals surface area contributed by atoms with E-state index >= 15 is 0 Å². The van der Waals surface area contributed by atoms with Gasteiger partial charge < -0.3 is 64.0 Å². The molecule has 7 amide bonds. The van der Waals surface area contributed by atoms with Gasteiger partial charge in [0.25, 0.3) is 0 Å². The number of rotatable bonds is 25. The van der Waals surface area contributed by atoms with E-state index in [4.69, 9.17) is 11.5 Å². The molecule has 3 aromatic carbocycles. The number of pyridine rings is 2. The van der Waals surface area contributed by atoms with Crippen molar-refractivity contribution >= 4 is 92.7 Å². The molecule has 14 N–H and O–H groups in total. The molecule has 0 aliphatic carbocycles. The lowest BCUT2D eigenvalue weighted by atomic mass is 9.97. The summed E-state index contributed by atoms with van der Waals surface area (Å²) in [6.45, 7) is 0.915. The van der Waals surface area contributed by atoms with Gasteiger partial charge in [-0.3, -0.25) is 87.2 Å². The fourth-order valence-electron chi connectivity index (χ4n) is 11.2. The van der Waals surface area contributed by atoms with Crippen molar-refractivity contribution < 1.29 is 63.3 Å². The fourth-order valence-corrected chi connectivity index (χ4v) is 11.2. The number of aromatic nitrogens is 5. The molecule has 0 spiro atoms. The first kappa shape index (κ1) is 71.3. The van der Waals surface area contributed by atoms with Gasteiger partial charge in [-0.2, -0.15) is 0 Å². The van der Waals surface area contributed by atoms with E-state index in [0.29, 0.717) is 29.8 Å². The number of aryl methyl sites for hydroxylation is 1. The Labute approximate surface area is 552 Å². The Balaban J connectivity index is 0.855. The van der Waals surface area contributed by atoms with E-state index < -0.39 is 90.5 Å². The van der Waals surface area contributed by atoms with Crippen LogP contribution in [0.4, 0.5) is 5.69 Å². The zero-order chi connectivity index (χ0) is 68.5. The number of unbranched alkanes of at least 4 members (excludes halogenated alkanes) is 1. The highest BCUT2D eigenvalue weighted by atomic mass is 16.4. The van der Waals surface area contributed by atoms with E-state index in [2.05, 4.69) is 68.6 Å². The standard InChI is InChI=1S/C64H81N19O13/c65-64(66)69-21-8-14-48-60(93)71-35-52(84)73-51(33-55(87)88)63(96)76-50(31-41-9-2-1-3-10-41)62(95)75-49(61(94)74-48)13-4-5-22-83-36-45(77-78-83)34-70-53(85)37-79-23-27-81(39-56(89)90)29-25-80(26-30-82(28-24-79)40-57(91)92)38-54(86)72-44-17-15-42(16-18-44)47-32-43-11-6-19-67-58(43)59-46(47)12-7-20-68-59/h1-3,6-7,9-12,15-20,32,36,48-51H,4-5,8,13-14,21-31,33-35,37-40H2,(H,70,85)(H,71,93)(H,72,86)(H,73,84)(H,74,94)(H,75,95)(H,76,96)(H,87,88)(H,89,90)(H,91,92)(H4,65,66,69)/t48-,49-,50+,51-/m0/s1. The molecule has 0 bridgehead atoms. The Morgan fingerprint density at radius 3 is 1.80 bits per heavy atom. The molecule has 5 heterocycles. The van der Waals surface area contributed by atoms with Crippen molar-refractivity contribution in [2.45, 2.75) is 82.2 Å². The Bertz CT molecular complexity index is 3710. The quantitative estimate of drug-likeness (QED) is 0.0137. The molecule has 0 saturated carbocycles. The zero-order valence-electron chi connectivity index (χ0n) is 52.9. The van der Waals surface area contributed by atoms with Crippen molar-refractivity contribution in [2.24, 2.45) is 16.5 Å². The number of anilines is 1. The van der Waals surface area contributed by atoms with Crippen LogP contribution in [0.3, 0.4) is 0 Å². The minimum Gasteiger partial charge on any atom is -0.481 e. The first-order chi connectivity index (χ1) is 46.2. The number of aliphatic carboxylic acids is 3. The van der Waals surface area contributed by atoms with Crippen LogP contribution in [0.15, 0.2) is 109 Å². The van der Waals surface area contributed by atoms with Gasteiger partial charge in [-0.1, -0.05) is 59.8 Å². The van der Waals surface area contributed by atoms with Gasteiger partial charge in [-0.25, -0.2) is 0 Å². The molecule has 2 aliphatic rings. The van der Waals surface area contributed by atoms with Gasteiger partial charge in [-0.15, -0.1) is 5.10 Å². The van der Waals surface area contributed by atoms with Gasteiger partial charge in [-0.05, 0) is 79.1 Å². The van der Waals surface area contributed by atoms with Crippen molar-refractivity contribution in [3.05, 3.63) is 115 Å². The van der Waals surface area contributed by atoms with Gasteiger partial charge >= 0.3 is 17.9 Å². The number of nitrogens with one attached hydrogen (secondary N) is 7. The van der Waals surface area contributed by atoms with E-state index in [-0.39, 0.29) is 136 Å². The summed E-state index contributed by atoms with van der Waals surface area (Å²) in [6.07, 6.45) is 5.05. The Morgan fingerprint density at radius 2 is 1.17 bits per heavy atom. The lowest BCUT2D eigenvalue weighted by Gasteiger charge is -2.33. The van der Waals surface area contributed by atoms with Crippen LogP contribution in [0.5, 0.6) is 0 Å². The number of benzene rings is 3. The summed E-state index contributed by atoms with van der Waals surface area (Å²) in [4.78, 5) is 152. The lowest BCUT2D eigenvalue weighted by molar-refractivity contribution is -0.141. The third-order valence-corrected chi connectivity index (χ3v) is 16.1. The van der Waals surface area contributed by atoms with Crippen molar-refractivity contribution in [1.82, 2.24) is 76.5 Å². The maximum atomic E-state index is 14.2. The minimum atomic E-state index is -1.65. The van der Waals surface area contributed by atoms with Crippen LogP contribution < -0.4 is 48.7 Å². The highest BCUT2D eigenvalue weighted by Gasteiger charge is 2.34. The molecule has 3 aromatic heterocycles. The average molecular weight is 1320 g/mol. The summed E-state index contributed by atoms with van der Waals surface area (Å²) in [5.74, 6) is -8.69. The van der Waals surface area contributed by atoms with Crippen LogP contribution in [-0.4, -0.2) is 241 Å². The van der Waals surface area contributed by atoms with Gasteiger partial charge in [0.15, 0.2) is 5.96 Å². The summed E-state index contributed by atoms with van der Waals surface area (Å²) in [6, 6.07) is 20.3. The Morgan fingerprint density at radius 1 is 0.594 bits per heavy atom. The number of nitrogens with zero attached hydrogens (tertiary/aromatic N) is 10. The topological polar surface area (TPSA) is 449 Å². The van der Waals surface area contributed by atoms with E-state index in [1.54, 1.807) is 58.7 Å². The van der Waals surface area contributed by atoms with Crippen molar-refractivity contribution in [3.63, 3.8) is 0 Å². The second-order valence-corrected chi connectivity index (χ2v) is 23.4. The van der Waals surface area contributed by atoms with E-state index in [1.807, 2.05) is 58.3 Å². The number of carbonyl (C=O) groups is 10. The van der Waals surface area contributed by atoms with Crippen LogP contribution in [0.2, 0.25) is 0 Å². The number of hydrogen-bond acceptors (Lipinski definition) is 19. The Kier molecular flexibility index (Phi) is 26.5. The number of amides is 7. The number of hydrogen-bond donors (Lipinski definition) is 12. The smallest absolute Gasteiger partial charge is 0.317 e. The van der Waals surface area contributed by atoms with Gasteiger partial charge in [0.1, 0.15) is 29.9 Å². The second-order valence-electron chi connectivity index (χ2n) is 23.4. The lowest BCUT2D eigenvalue weighted by Crippen LogP contribution is -2.58. The summed E-state index contributed by atoms with van der Waals surface area (Å²) in [5, 5.41) is 58.3. The maximum absolute atomic E-state index is 14.2. The monoisotopic (exact) mass is 1320 g/mol. The van der Waals surface area contributed by atoms with Gasteiger partial charge in [0.2, 0.25) is 41.4 Å². The molecular formula is C64H81N19O13. The summed E-state index contributed by atoms with van der Waals surface area (Å²) in [7, 11) is 0. The highest BCUT2D eigenvalue weighted by molar-refractivity contribution is 6.10. The van der Waals surface area contributed by atoms with E-state index in [9.17, 15) is 63.3 Å². The molecule has 32 nitrogen and oxygen atoms in total. The third-order valence-electron chi connectivity index (χ3n) is 16.1. The van der Waals surface area contributed by atoms with Crippen LogP contribution in [0.1, 0.15) is 49.8 Å². The molecular weight excluding hydrogens is 1240 g/mol. The number of nitrogens with two attached hydrogens (primary N) is 2. The predicted octanol–water partition coefficient (Wildman–Crippen LogP) is -1.30. The number of aliphatic imine (C=N–C) groups is 1. The fraction of sp³-hybridized carbons (Fsp3) is 0.422. The molecule has 2 fully saturated rings. The van der Waals surface area contributed by atoms with Crippen LogP contribution in [0, 0.1) is 0 Å². The average Bonchev–Trinajstić information content (AvgIpc) is 0.848. The molecule has 32 heteroatoms. The predicted molar refractivity (Wildman–Crippen MR) is 351 cm³/mol. The SMILES string of the molecule is NC(N)=NCCC[C@@H]1NC(=O)[C@H](CCCCn2cc(CNC(=O)CN3CCN(CC(=O)O)CCN(CC(=O)Nc4ccc(-c5cc6cccnc6c6ncccc56)cc4)CCN(CC(=O)O)CC3)nn2)NC(=O)[C@@H](Cc2ccccc2)NC(=O)[C@H](CC(=O)O)NC(=O)CNC1=O. The van der Waals surface area contributed by atoms with Crippen LogP contribution >= 0.6 is 0 Å². The Hall–Kier alpha value is -10.6. The van der Waals surface area contributed by atoms with E-state index in [0.717, 1.165) is 32.9 Å². The van der Waals surface area contributed by atoms with Crippen molar-refractivity contribution in [2.75, 3.05) is 96.9 Å². The third kappa shape index (κ3) is 22.6. The van der Waals surface area contributed by atoms with E-state index in [1.165, 1.54) is 4.68 Å². The minimum absolute atomic E-state index is 0.00319. The summed E-state index contributed by atoms with van der Waals surface area (Å²) < 4.78 is 1.53. The molecule has 0 unspecified atom stereocenters. The molecule has 2 saturated heterocycles. The number of carboxylic acid groups (broad SMARTS) is 3. The molecule has 2 aliphatic heterocycles. The van der Waals surface area contributed by atoms with Gasteiger partial charge in [0, 0.05) is 101 Å². The first-order valence-corrected chi connectivity index (χ1v) is 31.5. The number of fused-ring (bicyclic) bond motifs is 3. The second kappa shape index (κ2) is 35.6. The number of carboxylic acids is 3. The molecule has 0 radical (unpaired) electrons. The molecule has 6 aromatic rings. The largest absolute Gasteiger partial charge is 0.481 e. The number of carbonyl (C=O) groups excluding carboxylic acids is 7. The molecule has 8 rings (SSSR count). The number of guanidine groups is 1. The highest BCUT2D eigenvalue weighted by Crippen LogP contribution is 2.33. The van der Waals surface area contributed by atoms with Crippen molar-refractivity contribution in [1.29, 1.82) is 0 Å². The first-order valence-electron chi connectivity index (χ1n) is 31.5. The molecule has 96 heavy (non-hydrogen) atoms. The van der Waals surface area contributed by atoms with Crippen LogP contribution in [-0.2, 0) is 67.5 Å². The van der Waals surface area contributed by atoms with Crippen LogP contribution in [0.25, 0.3) is 32.9 Å². The molecule has 510 valence electrons. The maximum Gasteiger partial charge on any atom is 0.317 e. The van der Waals surface area contributed by atoms with Crippen molar-refractivity contribution in [3.8, 4) is 11.1 Å². The molecule has 4 atom stereocenters. The van der Waals surface area contributed by atoms with Gasteiger partial charge in [0.05, 0.1) is 62.9 Å². The zero-order valence-corrected chi connectivity index (χ0v) is 52.9. The summed E-state index contributed by atoms with van der Waals surface area (Å²) >= 11 is 0.